The lowest BCUT2D eigenvalue weighted by molar-refractivity contribution is -0.140. The molecule has 1 saturated heterocycles. The number of hydrogen-bond donors (Lipinski definition) is 0. The van der Waals surface area contributed by atoms with Gasteiger partial charge in [0.25, 0.3) is 5.91 Å². The van der Waals surface area contributed by atoms with Crippen molar-refractivity contribution in [3.63, 3.8) is 0 Å². The molecular weight excluding hydrogens is 430 g/mol. The fourth-order valence-corrected chi connectivity index (χ4v) is 4.27. The lowest BCUT2D eigenvalue weighted by Gasteiger charge is -2.29. The van der Waals surface area contributed by atoms with Crippen LogP contribution in [0.3, 0.4) is 0 Å². The van der Waals surface area contributed by atoms with Crippen LogP contribution in [0.1, 0.15) is 40.9 Å². The van der Waals surface area contributed by atoms with Gasteiger partial charge in [-0.2, -0.15) is 0 Å². The van der Waals surface area contributed by atoms with E-state index in [1.807, 2.05) is 82.2 Å². The van der Waals surface area contributed by atoms with Gasteiger partial charge in [0.2, 0.25) is 5.78 Å². The van der Waals surface area contributed by atoms with Gasteiger partial charge in [-0.1, -0.05) is 19.1 Å². The van der Waals surface area contributed by atoms with Crippen LogP contribution >= 0.6 is 0 Å². The highest BCUT2D eigenvalue weighted by atomic mass is 16.5. The van der Waals surface area contributed by atoms with Gasteiger partial charge in [0, 0.05) is 38.4 Å². The van der Waals surface area contributed by atoms with Crippen molar-refractivity contribution < 1.29 is 19.1 Å². The van der Waals surface area contributed by atoms with Crippen LogP contribution in [0.2, 0.25) is 0 Å². The molecule has 182 valence electrons. The molecule has 1 aliphatic heterocycles. The van der Waals surface area contributed by atoms with Crippen molar-refractivity contribution in [2.45, 2.75) is 26.3 Å². The monoisotopic (exact) mass is 465 g/mol. The van der Waals surface area contributed by atoms with Gasteiger partial charge in [0.05, 0.1) is 12.6 Å². The molecule has 1 fully saturated rings. The molecule has 3 rings (SSSR count). The first kappa shape index (κ1) is 25.4. The van der Waals surface area contributed by atoms with Gasteiger partial charge in [0.15, 0.2) is 5.78 Å². The van der Waals surface area contributed by atoms with Crippen LogP contribution in [0.5, 0.6) is 5.75 Å². The highest BCUT2D eigenvalue weighted by molar-refractivity contribution is 6.44. The van der Waals surface area contributed by atoms with E-state index in [-0.39, 0.29) is 5.78 Å². The maximum absolute atomic E-state index is 13.7. The van der Waals surface area contributed by atoms with Crippen LogP contribution in [0.4, 0.5) is 5.69 Å². The third kappa shape index (κ3) is 5.30. The fourth-order valence-electron chi connectivity index (χ4n) is 4.27. The summed E-state index contributed by atoms with van der Waals surface area (Å²) < 4.78 is 5.68. The molecule has 0 radical (unpaired) electrons. The maximum atomic E-state index is 13.7. The smallest absolute Gasteiger partial charge is 0.291 e. The van der Waals surface area contributed by atoms with Crippen molar-refractivity contribution in [1.29, 1.82) is 0 Å². The van der Waals surface area contributed by atoms with Crippen LogP contribution in [0.25, 0.3) is 0 Å². The van der Waals surface area contributed by atoms with E-state index in [9.17, 15) is 14.4 Å². The van der Waals surface area contributed by atoms with E-state index >= 15 is 0 Å². The Morgan fingerprint density at radius 1 is 1.03 bits per heavy atom. The number of carbonyl (C=O) groups is 3. The molecule has 0 spiro atoms. The number of rotatable bonds is 10. The van der Waals surface area contributed by atoms with E-state index in [2.05, 4.69) is 0 Å². The predicted molar refractivity (Wildman–Crippen MR) is 134 cm³/mol. The van der Waals surface area contributed by atoms with Crippen molar-refractivity contribution in [1.82, 2.24) is 9.80 Å². The number of hydrogen-bond acceptors (Lipinski definition) is 6. The number of amides is 1. The summed E-state index contributed by atoms with van der Waals surface area (Å²) in [5.41, 5.74) is 2.95. The van der Waals surface area contributed by atoms with Gasteiger partial charge >= 0.3 is 0 Å². The van der Waals surface area contributed by atoms with E-state index in [4.69, 9.17) is 4.74 Å². The van der Waals surface area contributed by atoms with Crippen LogP contribution in [0.15, 0.2) is 42.5 Å². The number of ketones is 2. The first-order valence-corrected chi connectivity index (χ1v) is 11.7. The van der Waals surface area contributed by atoms with Gasteiger partial charge in [-0.3, -0.25) is 14.4 Å². The normalized spacial score (nSPS) is 18.0. The van der Waals surface area contributed by atoms with Crippen molar-refractivity contribution in [3.05, 3.63) is 59.2 Å². The molecule has 2 atom stereocenters. The molecule has 2 unspecified atom stereocenters. The molecular formula is C27H35N3O4. The summed E-state index contributed by atoms with van der Waals surface area (Å²) in [6.07, 6.45) is 0.884. The van der Waals surface area contributed by atoms with Gasteiger partial charge in [-0.05, 0) is 68.9 Å². The van der Waals surface area contributed by atoms with E-state index in [0.29, 0.717) is 31.0 Å². The summed E-state index contributed by atoms with van der Waals surface area (Å²) in [5, 5.41) is 0. The SMILES string of the molecule is CCCOc1ccc(C(=O)C2C(=O)C(=O)N(CCN(C)C)C2c2ccc(N(C)C)cc2)c(C)c1. The number of anilines is 1. The standard InChI is InChI=1S/C27H35N3O4/c1-7-16-34-21-12-13-22(18(2)17-21)25(31)23-24(19-8-10-20(11-9-19)29(5)6)30(15-14-28(3)4)27(33)26(23)32/h8-13,17,23-24H,7,14-16H2,1-6H3. The molecule has 0 bridgehead atoms. The van der Waals surface area contributed by atoms with Crippen LogP contribution in [-0.4, -0.2) is 75.2 Å². The number of ether oxygens (including phenoxy) is 1. The summed E-state index contributed by atoms with van der Waals surface area (Å²) in [6, 6.07) is 12.3. The third-order valence-corrected chi connectivity index (χ3v) is 6.16. The predicted octanol–water partition coefficient (Wildman–Crippen LogP) is 3.36. The summed E-state index contributed by atoms with van der Waals surface area (Å²) in [7, 11) is 7.73. The zero-order valence-corrected chi connectivity index (χ0v) is 21.0. The van der Waals surface area contributed by atoms with E-state index in [0.717, 1.165) is 23.2 Å². The second-order valence-electron chi connectivity index (χ2n) is 9.26. The number of aryl methyl sites for hydroxylation is 1. The Morgan fingerprint density at radius 3 is 2.26 bits per heavy atom. The first-order chi connectivity index (χ1) is 16.1. The zero-order valence-electron chi connectivity index (χ0n) is 21.0. The van der Waals surface area contributed by atoms with E-state index < -0.39 is 23.7 Å². The second kappa shape index (κ2) is 10.8. The number of likely N-dealkylation sites (N-methyl/N-ethyl adjacent to an activating group) is 1. The average molecular weight is 466 g/mol. The number of benzene rings is 2. The summed E-state index contributed by atoms with van der Waals surface area (Å²) in [4.78, 5) is 45.5. The second-order valence-corrected chi connectivity index (χ2v) is 9.26. The molecule has 0 aliphatic carbocycles. The average Bonchev–Trinajstić information content (AvgIpc) is 3.05. The quantitative estimate of drug-likeness (QED) is 0.304. The van der Waals surface area contributed by atoms with Crippen molar-refractivity contribution in [3.8, 4) is 5.75 Å². The third-order valence-electron chi connectivity index (χ3n) is 6.16. The van der Waals surface area contributed by atoms with E-state index in [1.165, 1.54) is 0 Å². The Balaban J connectivity index is 2.01. The Bertz CT molecular complexity index is 1050. The number of likely N-dealkylation sites (tertiary alicyclic amines) is 1. The lowest BCUT2D eigenvalue weighted by atomic mass is 9.85. The van der Waals surface area contributed by atoms with Crippen molar-refractivity contribution in [2.24, 2.45) is 5.92 Å². The van der Waals surface area contributed by atoms with Gasteiger partial charge < -0.3 is 19.4 Å². The molecule has 2 aromatic rings. The maximum Gasteiger partial charge on any atom is 0.291 e. The van der Waals surface area contributed by atoms with Crippen LogP contribution < -0.4 is 9.64 Å². The minimum absolute atomic E-state index is 0.327. The Labute approximate surface area is 202 Å². The summed E-state index contributed by atoms with van der Waals surface area (Å²) in [6.45, 7) is 5.41. The molecule has 0 saturated carbocycles. The van der Waals surface area contributed by atoms with E-state index in [1.54, 1.807) is 17.0 Å². The van der Waals surface area contributed by atoms with Crippen LogP contribution in [-0.2, 0) is 9.59 Å². The Hall–Kier alpha value is -3.19. The molecule has 7 nitrogen and oxygen atoms in total. The Morgan fingerprint density at radius 2 is 1.71 bits per heavy atom. The molecule has 1 aliphatic rings. The topological polar surface area (TPSA) is 70.2 Å². The molecule has 0 aromatic heterocycles. The molecule has 7 heteroatoms. The lowest BCUT2D eigenvalue weighted by Crippen LogP contribution is -2.36. The molecule has 34 heavy (non-hydrogen) atoms. The minimum atomic E-state index is -1.08. The van der Waals surface area contributed by atoms with Crippen molar-refractivity contribution in [2.75, 3.05) is 52.8 Å². The highest BCUT2D eigenvalue weighted by Crippen LogP contribution is 2.39. The highest BCUT2D eigenvalue weighted by Gasteiger charge is 2.51. The number of Topliss-reactive ketones (excluding diaryl/α,β-unsaturated/α-hetero) is 2. The fraction of sp³-hybridized carbons (Fsp3) is 0.444. The molecule has 2 aromatic carbocycles. The summed E-state index contributed by atoms with van der Waals surface area (Å²) in [5.74, 6) is -1.96. The number of carbonyl (C=O) groups excluding carboxylic acids is 3. The molecule has 0 N–H and O–H groups in total. The zero-order chi connectivity index (χ0) is 25.0. The number of nitrogens with zero attached hydrogens (tertiary/aromatic N) is 3. The minimum Gasteiger partial charge on any atom is -0.494 e. The van der Waals surface area contributed by atoms with Gasteiger partial charge in [0.1, 0.15) is 11.7 Å². The molecule has 1 heterocycles. The Kier molecular flexibility index (Phi) is 8.10. The van der Waals surface area contributed by atoms with Gasteiger partial charge in [-0.25, -0.2) is 0 Å². The molecule has 1 amide bonds. The largest absolute Gasteiger partial charge is 0.494 e. The summed E-state index contributed by atoms with van der Waals surface area (Å²) >= 11 is 0. The van der Waals surface area contributed by atoms with Crippen molar-refractivity contribution >= 4 is 23.2 Å². The first-order valence-electron chi connectivity index (χ1n) is 11.7. The van der Waals surface area contributed by atoms with Crippen LogP contribution in [0, 0.1) is 12.8 Å². The van der Waals surface area contributed by atoms with Gasteiger partial charge in [-0.15, -0.1) is 0 Å².